The Labute approximate surface area is 142 Å². The lowest BCUT2D eigenvalue weighted by molar-refractivity contribution is 0.0519. The molecule has 0 radical (unpaired) electrons. The minimum atomic E-state index is -0.437. The SMILES string of the molecule is CCOC(=O)c1cc2[nH]c3cc(-c4c(C)nnn4C)cnc3c2cn1. The van der Waals surface area contributed by atoms with Crippen LogP contribution in [0.5, 0.6) is 0 Å². The fraction of sp³-hybridized carbons (Fsp3) is 0.235. The van der Waals surface area contributed by atoms with Gasteiger partial charge >= 0.3 is 5.97 Å². The molecule has 0 unspecified atom stereocenters. The summed E-state index contributed by atoms with van der Waals surface area (Å²) in [7, 11) is 1.85. The van der Waals surface area contributed by atoms with Gasteiger partial charge in [0.1, 0.15) is 5.69 Å². The van der Waals surface area contributed by atoms with Crippen LogP contribution in [0.4, 0.5) is 0 Å². The van der Waals surface area contributed by atoms with E-state index < -0.39 is 5.97 Å². The highest BCUT2D eigenvalue weighted by molar-refractivity contribution is 6.06. The van der Waals surface area contributed by atoms with Crippen LogP contribution in [0.3, 0.4) is 0 Å². The monoisotopic (exact) mass is 336 g/mol. The van der Waals surface area contributed by atoms with Crippen LogP contribution in [-0.4, -0.2) is 42.5 Å². The maximum Gasteiger partial charge on any atom is 0.356 e. The quantitative estimate of drug-likeness (QED) is 0.577. The first-order valence-corrected chi connectivity index (χ1v) is 7.89. The molecule has 0 saturated heterocycles. The Kier molecular flexibility index (Phi) is 3.45. The number of carbonyl (C=O) groups is 1. The average molecular weight is 336 g/mol. The summed E-state index contributed by atoms with van der Waals surface area (Å²) in [5, 5.41) is 8.96. The van der Waals surface area contributed by atoms with Crippen LogP contribution in [0.2, 0.25) is 0 Å². The van der Waals surface area contributed by atoms with Gasteiger partial charge in [-0.2, -0.15) is 0 Å². The third-order valence-electron chi connectivity index (χ3n) is 4.07. The van der Waals surface area contributed by atoms with Crippen LogP contribution >= 0.6 is 0 Å². The molecule has 8 nitrogen and oxygen atoms in total. The molecule has 0 saturated carbocycles. The molecule has 4 aromatic rings. The van der Waals surface area contributed by atoms with Crippen molar-refractivity contribution in [2.45, 2.75) is 13.8 Å². The van der Waals surface area contributed by atoms with Gasteiger partial charge in [-0.15, -0.1) is 5.10 Å². The van der Waals surface area contributed by atoms with Crippen molar-refractivity contribution in [1.29, 1.82) is 0 Å². The first-order chi connectivity index (χ1) is 12.1. The summed E-state index contributed by atoms with van der Waals surface area (Å²) in [5.41, 5.74) is 5.39. The normalized spacial score (nSPS) is 11.3. The molecule has 0 bridgehead atoms. The first kappa shape index (κ1) is 15.3. The van der Waals surface area contributed by atoms with Gasteiger partial charge in [-0.25, -0.2) is 14.5 Å². The van der Waals surface area contributed by atoms with Crippen molar-refractivity contribution in [2.75, 3.05) is 6.61 Å². The molecule has 0 aliphatic carbocycles. The molecule has 25 heavy (non-hydrogen) atoms. The second kappa shape index (κ2) is 5.66. The van der Waals surface area contributed by atoms with Crippen LogP contribution in [-0.2, 0) is 11.8 Å². The van der Waals surface area contributed by atoms with E-state index in [-0.39, 0.29) is 5.69 Å². The van der Waals surface area contributed by atoms with E-state index in [1.807, 2.05) is 20.0 Å². The summed E-state index contributed by atoms with van der Waals surface area (Å²) in [5.74, 6) is -0.437. The number of rotatable bonds is 3. The van der Waals surface area contributed by atoms with Crippen LogP contribution < -0.4 is 0 Å². The van der Waals surface area contributed by atoms with Gasteiger partial charge in [-0.3, -0.25) is 4.98 Å². The Morgan fingerprint density at radius 2 is 2.08 bits per heavy atom. The number of aromatic amines is 1. The molecule has 126 valence electrons. The molecule has 0 amide bonds. The fourth-order valence-corrected chi connectivity index (χ4v) is 2.97. The minimum absolute atomic E-state index is 0.271. The number of aromatic nitrogens is 6. The number of nitrogens with one attached hydrogen (secondary N) is 1. The second-order valence-electron chi connectivity index (χ2n) is 5.73. The van der Waals surface area contributed by atoms with E-state index >= 15 is 0 Å². The Morgan fingerprint density at radius 3 is 2.80 bits per heavy atom. The zero-order valence-corrected chi connectivity index (χ0v) is 14.1. The van der Waals surface area contributed by atoms with Gasteiger partial charge in [0.25, 0.3) is 0 Å². The molecular weight excluding hydrogens is 320 g/mol. The van der Waals surface area contributed by atoms with Crippen molar-refractivity contribution in [3.8, 4) is 11.3 Å². The Bertz CT molecular complexity index is 1090. The minimum Gasteiger partial charge on any atom is -0.461 e. The number of H-pyrrole nitrogens is 1. The third kappa shape index (κ3) is 2.42. The van der Waals surface area contributed by atoms with Crippen molar-refractivity contribution in [2.24, 2.45) is 7.05 Å². The third-order valence-corrected chi connectivity index (χ3v) is 4.07. The molecular formula is C17H16N6O2. The first-order valence-electron chi connectivity index (χ1n) is 7.89. The highest BCUT2D eigenvalue weighted by Crippen LogP contribution is 2.28. The molecule has 0 atom stereocenters. The number of carbonyl (C=O) groups excluding carboxylic acids is 1. The largest absolute Gasteiger partial charge is 0.461 e. The topological polar surface area (TPSA) is 98.6 Å². The van der Waals surface area contributed by atoms with E-state index in [9.17, 15) is 4.79 Å². The molecule has 4 heterocycles. The molecule has 1 N–H and O–H groups in total. The van der Waals surface area contributed by atoms with Crippen LogP contribution in [0.15, 0.2) is 24.5 Å². The lowest BCUT2D eigenvalue weighted by Gasteiger charge is -2.02. The summed E-state index contributed by atoms with van der Waals surface area (Å²) in [6, 6.07) is 3.68. The van der Waals surface area contributed by atoms with Crippen molar-refractivity contribution >= 4 is 27.9 Å². The summed E-state index contributed by atoms with van der Waals surface area (Å²) < 4.78 is 6.72. The number of ether oxygens (including phenoxy) is 1. The smallest absolute Gasteiger partial charge is 0.356 e. The standard InChI is InChI=1S/C17H16N6O2/c1-4-25-17(24)14-6-12-11(8-18-14)15-13(20-12)5-10(7-19-15)16-9(2)21-22-23(16)3/h5-8,20H,4H2,1-3H3. The molecule has 4 aromatic heterocycles. The van der Waals surface area contributed by atoms with Crippen LogP contribution in [0.25, 0.3) is 33.2 Å². The van der Waals surface area contributed by atoms with Gasteiger partial charge in [0.15, 0.2) is 0 Å². The summed E-state index contributed by atoms with van der Waals surface area (Å²) >= 11 is 0. The highest BCUT2D eigenvalue weighted by atomic mass is 16.5. The van der Waals surface area contributed by atoms with E-state index in [1.165, 1.54) is 0 Å². The second-order valence-corrected chi connectivity index (χ2v) is 5.73. The van der Waals surface area contributed by atoms with E-state index in [0.717, 1.165) is 38.9 Å². The summed E-state index contributed by atoms with van der Waals surface area (Å²) in [6.45, 7) is 3.99. The summed E-state index contributed by atoms with van der Waals surface area (Å²) in [6.07, 6.45) is 3.44. The molecule has 0 aliphatic heterocycles. The summed E-state index contributed by atoms with van der Waals surface area (Å²) in [4.78, 5) is 23.9. The predicted molar refractivity (Wildman–Crippen MR) is 92.1 cm³/mol. The molecule has 0 aliphatic rings. The molecule has 0 fully saturated rings. The van der Waals surface area contributed by atoms with Gasteiger partial charge < -0.3 is 9.72 Å². The zero-order chi connectivity index (χ0) is 17.6. The Hall–Kier alpha value is -3.29. The Morgan fingerprint density at radius 1 is 1.24 bits per heavy atom. The average Bonchev–Trinajstić information content (AvgIpc) is 3.13. The van der Waals surface area contributed by atoms with Gasteiger partial charge in [0.2, 0.25) is 0 Å². The highest BCUT2D eigenvalue weighted by Gasteiger charge is 2.15. The van der Waals surface area contributed by atoms with E-state index in [4.69, 9.17) is 4.74 Å². The van der Waals surface area contributed by atoms with Gasteiger partial charge in [-0.1, -0.05) is 5.21 Å². The van der Waals surface area contributed by atoms with Crippen molar-refractivity contribution in [3.05, 3.63) is 35.9 Å². The number of hydrogen-bond donors (Lipinski definition) is 1. The number of aryl methyl sites for hydroxylation is 2. The van der Waals surface area contributed by atoms with Crippen molar-refractivity contribution in [1.82, 2.24) is 29.9 Å². The lowest BCUT2D eigenvalue weighted by Crippen LogP contribution is -2.06. The number of esters is 1. The van der Waals surface area contributed by atoms with E-state index in [0.29, 0.717) is 6.61 Å². The number of fused-ring (bicyclic) bond motifs is 3. The van der Waals surface area contributed by atoms with Gasteiger partial charge in [0.05, 0.1) is 34.5 Å². The zero-order valence-electron chi connectivity index (χ0n) is 14.1. The molecule has 8 heteroatoms. The molecule has 0 spiro atoms. The number of nitrogens with zero attached hydrogens (tertiary/aromatic N) is 5. The maximum absolute atomic E-state index is 11.9. The predicted octanol–water partition coefficient (Wildman–Crippen LogP) is 2.39. The van der Waals surface area contributed by atoms with Crippen LogP contribution in [0, 0.1) is 6.92 Å². The molecule has 4 rings (SSSR count). The number of pyridine rings is 2. The number of hydrogen-bond acceptors (Lipinski definition) is 6. The fourth-order valence-electron chi connectivity index (χ4n) is 2.97. The van der Waals surface area contributed by atoms with Crippen molar-refractivity contribution < 1.29 is 9.53 Å². The molecule has 0 aromatic carbocycles. The van der Waals surface area contributed by atoms with Crippen LogP contribution in [0.1, 0.15) is 23.1 Å². The van der Waals surface area contributed by atoms with Gasteiger partial charge in [-0.05, 0) is 26.0 Å². The maximum atomic E-state index is 11.9. The Balaban J connectivity index is 1.86. The van der Waals surface area contributed by atoms with Gasteiger partial charge in [0, 0.05) is 30.4 Å². The lowest BCUT2D eigenvalue weighted by atomic mass is 10.1. The van der Waals surface area contributed by atoms with E-state index in [1.54, 1.807) is 30.1 Å². The van der Waals surface area contributed by atoms with Crippen molar-refractivity contribution in [3.63, 3.8) is 0 Å². The van der Waals surface area contributed by atoms with E-state index in [2.05, 4.69) is 25.3 Å².